The molecule has 5 rings (SSSR count). The van der Waals surface area contributed by atoms with E-state index in [-0.39, 0.29) is 11.7 Å². The molecule has 2 saturated heterocycles. The second-order valence-electron chi connectivity index (χ2n) is 8.75. The second-order valence-corrected chi connectivity index (χ2v) is 8.75. The van der Waals surface area contributed by atoms with E-state index in [1.165, 1.54) is 12.1 Å². The number of carbonyl (C=O) groups excluding carboxylic acids is 1. The topological polar surface area (TPSA) is 55.8 Å². The van der Waals surface area contributed by atoms with Gasteiger partial charge in [-0.1, -0.05) is 30.3 Å². The van der Waals surface area contributed by atoms with Crippen molar-refractivity contribution in [3.8, 4) is 0 Å². The molecule has 0 N–H and O–H groups in total. The highest BCUT2D eigenvalue weighted by Crippen LogP contribution is 2.28. The zero-order valence-electron chi connectivity index (χ0n) is 19.2. The molecule has 3 aromatic rings. The summed E-state index contributed by atoms with van der Waals surface area (Å²) in [5, 5.41) is 10.8. The molecule has 2 fully saturated rings. The van der Waals surface area contributed by atoms with Crippen LogP contribution in [0.5, 0.6) is 0 Å². The zero-order valence-corrected chi connectivity index (χ0v) is 19.2. The molecule has 3 heterocycles. The van der Waals surface area contributed by atoms with Crippen molar-refractivity contribution in [1.29, 1.82) is 0 Å². The van der Waals surface area contributed by atoms with Gasteiger partial charge in [-0.25, -0.2) is 4.39 Å². The Bertz CT molecular complexity index is 1170. The molecule has 7 nitrogen and oxygen atoms in total. The predicted octanol–water partition coefficient (Wildman–Crippen LogP) is 3.04. The molecule has 0 unspecified atom stereocenters. The van der Waals surface area contributed by atoms with E-state index in [4.69, 9.17) is 0 Å². The average Bonchev–Trinajstić information content (AvgIpc) is 2.89. The number of piperazine rings is 2. The number of hydrogen-bond donors (Lipinski definition) is 0. The molecule has 0 saturated carbocycles. The molecule has 0 aliphatic carbocycles. The number of halogens is 1. The van der Waals surface area contributed by atoms with Crippen LogP contribution in [-0.2, 0) is 0 Å². The third-order valence-corrected chi connectivity index (χ3v) is 6.69. The van der Waals surface area contributed by atoms with Gasteiger partial charge in [-0.2, -0.15) is 0 Å². The minimum Gasteiger partial charge on any atom is -0.368 e. The van der Waals surface area contributed by atoms with Gasteiger partial charge < -0.3 is 14.7 Å². The molecule has 0 bridgehead atoms. The maximum Gasteiger partial charge on any atom is 0.275 e. The van der Waals surface area contributed by atoms with Crippen LogP contribution in [0.4, 0.5) is 15.9 Å². The van der Waals surface area contributed by atoms with E-state index in [1.54, 1.807) is 0 Å². The van der Waals surface area contributed by atoms with Gasteiger partial charge in [-0.3, -0.25) is 9.69 Å². The molecule has 1 aromatic heterocycles. The number of anilines is 2. The summed E-state index contributed by atoms with van der Waals surface area (Å²) in [5.41, 5.74) is 1.44. The Morgan fingerprint density at radius 1 is 0.853 bits per heavy atom. The summed E-state index contributed by atoms with van der Waals surface area (Å²) in [5.74, 6) is 0.522. The first kappa shape index (κ1) is 22.3. The van der Waals surface area contributed by atoms with Crippen LogP contribution in [-0.4, -0.2) is 84.8 Å². The van der Waals surface area contributed by atoms with E-state index < -0.39 is 0 Å². The highest BCUT2D eigenvalue weighted by molar-refractivity contribution is 6.07. The van der Waals surface area contributed by atoms with Crippen LogP contribution in [0.15, 0.2) is 61.2 Å². The van der Waals surface area contributed by atoms with Crippen molar-refractivity contribution >= 4 is 28.2 Å². The number of hydrogen-bond acceptors (Lipinski definition) is 6. The molecular weight excluding hydrogens is 431 g/mol. The van der Waals surface area contributed by atoms with Gasteiger partial charge in [-0.15, -0.1) is 16.8 Å². The highest BCUT2D eigenvalue weighted by atomic mass is 19.1. The number of amides is 1. The van der Waals surface area contributed by atoms with Gasteiger partial charge in [0.2, 0.25) is 0 Å². The van der Waals surface area contributed by atoms with Crippen LogP contribution in [0.1, 0.15) is 10.5 Å². The van der Waals surface area contributed by atoms with Crippen LogP contribution in [0.25, 0.3) is 10.8 Å². The van der Waals surface area contributed by atoms with E-state index in [0.717, 1.165) is 68.1 Å². The third-order valence-electron chi connectivity index (χ3n) is 6.69. The predicted molar refractivity (Wildman–Crippen MR) is 133 cm³/mol. The molecule has 0 atom stereocenters. The Labute approximate surface area is 199 Å². The molecule has 0 spiro atoms. The summed E-state index contributed by atoms with van der Waals surface area (Å²) in [6.07, 6.45) is 1.90. The minimum atomic E-state index is -0.225. The van der Waals surface area contributed by atoms with Crippen LogP contribution in [0.2, 0.25) is 0 Å². The number of rotatable bonds is 5. The fraction of sp³-hybridized carbons (Fsp3) is 0.346. The Morgan fingerprint density at radius 2 is 1.50 bits per heavy atom. The number of aromatic nitrogens is 2. The smallest absolute Gasteiger partial charge is 0.275 e. The van der Waals surface area contributed by atoms with Crippen molar-refractivity contribution in [2.75, 3.05) is 68.7 Å². The van der Waals surface area contributed by atoms with Crippen LogP contribution >= 0.6 is 0 Å². The zero-order chi connectivity index (χ0) is 23.5. The lowest BCUT2D eigenvalue weighted by Crippen LogP contribution is -2.49. The number of carbonyl (C=O) groups is 1. The van der Waals surface area contributed by atoms with E-state index in [2.05, 4.69) is 31.5 Å². The summed E-state index contributed by atoms with van der Waals surface area (Å²) >= 11 is 0. The molecular formula is C26H29FN6O. The molecule has 176 valence electrons. The van der Waals surface area contributed by atoms with E-state index in [9.17, 15) is 9.18 Å². The molecule has 2 aliphatic heterocycles. The van der Waals surface area contributed by atoms with Gasteiger partial charge in [-0.05, 0) is 24.3 Å². The second kappa shape index (κ2) is 9.77. The molecule has 34 heavy (non-hydrogen) atoms. The summed E-state index contributed by atoms with van der Waals surface area (Å²) in [4.78, 5) is 22.0. The fourth-order valence-corrected chi connectivity index (χ4v) is 4.78. The van der Waals surface area contributed by atoms with Crippen molar-refractivity contribution in [2.24, 2.45) is 0 Å². The van der Waals surface area contributed by atoms with Gasteiger partial charge >= 0.3 is 0 Å². The van der Waals surface area contributed by atoms with Crippen LogP contribution < -0.4 is 9.80 Å². The fourth-order valence-electron chi connectivity index (χ4n) is 4.78. The largest absolute Gasteiger partial charge is 0.368 e. The van der Waals surface area contributed by atoms with Gasteiger partial charge in [0.25, 0.3) is 5.91 Å². The van der Waals surface area contributed by atoms with Gasteiger partial charge in [0, 0.05) is 75.4 Å². The summed E-state index contributed by atoms with van der Waals surface area (Å²) in [6, 6.07) is 14.5. The molecule has 1 amide bonds. The van der Waals surface area contributed by atoms with E-state index >= 15 is 0 Å². The quantitative estimate of drug-likeness (QED) is 0.546. The molecule has 2 aromatic carbocycles. The van der Waals surface area contributed by atoms with E-state index in [0.29, 0.717) is 18.8 Å². The Morgan fingerprint density at radius 3 is 2.18 bits per heavy atom. The molecule has 2 aliphatic rings. The molecule has 0 radical (unpaired) electrons. The minimum absolute atomic E-state index is 0.0605. The lowest BCUT2D eigenvalue weighted by Gasteiger charge is -2.37. The number of benzene rings is 2. The van der Waals surface area contributed by atoms with Gasteiger partial charge in [0.1, 0.15) is 5.82 Å². The lowest BCUT2D eigenvalue weighted by molar-refractivity contribution is 0.0645. The van der Waals surface area contributed by atoms with Gasteiger partial charge in [0.15, 0.2) is 11.5 Å². The van der Waals surface area contributed by atoms with Crippen molar-refractivity contribution < 1.29 is 9.18 Å². The van der Waals surface area contributed by atoms with Crippen LogP contribution in [0, 0.1) is 5.82 Å². The third kappa shape index (κ3) is 4.46. The van der Waals surface area contributed by atoms with Gasteiger partial charge in [0.05, 0.1) is 0 Å². The van der Waals surface area contributed by atoms with Crippen molar-refractivity contribution in [1.82, 2.24) is 20.0 Å². The normalized spacial score (nSPS) is 17.3. The Hall–Kier alpha value is -3.52. The van der Waals surface area contributed by atoms with Crippen molar-refractivity contribution in [2.45, 2.75) is 0 Å². The van der Waals surface area contributed by atoms with Crippen LogP contribution in [0.3, 0.4) is 0 Å². The maximum absolute atomic E-state index is 13.3. The number of nitrogens with zero attached hydrogens (tertiary/aromatic N) is 6. The summed E-state index contributed by atoms with van der Waals surface area (Å²) < 4.78 is 13.3. The average molecular weight is 461 g/mol. The van der Waals surface area contributed by atoms with Crippen molar-refractivity contribution in [3.05, 3.63) is 72.7 Å². The first-order valence-corrected chi connectivity index (χ1v) is 11.8. The highest BCUT2D eigenvalue weighted by Gasteiger charge is 2.27. The Balaban J connectivity index is 1.33. The first-order valence-electron chi connectivity index (χ1n) is 11.8. The maximum atomic E-state index is 13.3. The SMILES string of the molecule is C=CCN1CCN(C(=O)c2nnc(N3CCN(c4ccc(F)cc4)CC3)c3ccccc23)CC1. The monoisotopic (exact) mass is 460 g/mol. The number of fused-ring (bicyclic) bond motifs is 1. The molecule has 8 heteroatoms. The summed E-state index contributed by atoms with van der Waals surface area (Å²) in [6.45, 7) is 10.8. The summed E-state index contributed by atoms with van der Waals surface area (Å²) in [7, 11) is 0. The van der Waals surface area contributed by atoms with Crippen molar-refractivity contribution in [3.63, 3.8) is 0 Å². The van der Waals surface area contributed by atoms with E-state index in [1.807, 2.05) is 47.4 Å². The Kier molecular flexibility index (Phi) is 6.40. The first-order chi connectivity index (χ1) is 16.6. The standard InChI is InChI=1S/C26H29FN6O/c1-2-11-30-12-14-33(15-13-30)26(34)24-22-5-3-4-6-23(22)25(29-28-24)32-18-16-31(17-19-32)21-9-7-20(27)8-10-21/h2-10H,1,11-19H2. The lowest BCUT2D eigenvalue weighted by atomic mass is 10.1.